The van der Waals surface area contributed by atoms with Crippen LogP contribution in [0.4, 0.5) is 5.69 Å². The van der Waals surface area contributed by atoms with Gasteiger partial charge in [0.2, 0.25) is 5.91 Å². The predicted molar refractivity (Wildman–Crippen MR) is 100 cm³/mol. The van der Waals surface area contributed by atoms with Crippen LogP contribution in [-0.2, 0) is 28.5 Å². The molecule has 1 saturated heterocycles. The van der Waals surface area contributed by atoms with Gasteiger partial charge >= 0.3 is 0 Å². The Morgan fingerprint density at radius 2 is 2.00 bits per heavy atom. The molecule has 1 aromatic heterocycles. The molecule has 6 nitrogen and oxygen atoms in total. The second-order valence-electron chi connectivity index (χ2n) is 7.35. The van der Waals surface area contributed by atoms with E-state index in [2.05, 4.69) is 34.4 Å². The predicted octanol–water partition coefficient (Wildman–Crippen LogP) is 1.95. The van der Waals surface area contributed by atoms with Gasteiger partial charge in [0.15, 0.2) is 0 Å². The highest BCUT2D eigenvalue weighted by Gasteiger charge is 2.51. The number of para-hydroxylation sites is 1. The number of amides is 1. The summed E-state index contributed by atoms with van der Waals surface area (Å²) >= 11 is 0. The topological polar surface area (TPSA) is 50.6 Å². The standard InChI is InChI=1S/C20H26N4O2/c1-22-14-16(13-21-22)15-23-9-7-20(8-10-23)17-5-3-4-6-18(17)24(19(20)25)11-12-26-2/h3-6,13-14H,7-12,15H2,1-2H3. The number of anilines is 1. The Bertz CT molecular complexity index is 793. The van der Waals surface area contributed by atoms with Crippen molar-refractivity contribution in [1.29, 1.82) is 0 Å². The zero-order chi connectivity index (χ0) is 18.1. The van der Waals surface area contributed by atoms with Crippen molar-refractivity contribution in [3.05, 3.63) is 47.8 Å². The van der Waals surface area contributed by atoms with Crippen LogP contribution < -0.4 is 4.90 Å². The maximum absolute atomic E-state index is 13.4. The van der Waals surface area contributed by atoms with E-state index in [-0.39, 0.29) is 11.3 Å². The Hall–Kier alpha value is -2.18. The van der Waals surface area contributed by atoms with Gasteiger partial charge in [-0.3, -0.25) is 14.4 Å². The fraction of sp³-hybridized carbons (Fsp3) is 0.500. The molecule has 0 unspecified atom stereocenters. The fourth-order valence-electron chi connectivity index (χ4n) is 4.39. The molecule has 1 amide bonds. The maximum Gasteiger partial charge on any atom is 0.237 e. The molecule has 26 heavy (non-hydrogen) atoms. The lowest BCUT2D eigenvalue weighted by Crippen LogP contribution is -2.49. The van der Waals surface area contributed by atoms with Crippen LogP contribution in [0, 0.1) is 0 Å². The van der Waals surface area contributed by atoms with E-state index in [9.17, 15) is 4.79 Å². The van der Waals surface area contributed by atoms with Gasteiger partial charge in [-0.15, -0.1) is 0 Å². The number of likely N-dealkylation sites (tertiary alicyclic amines) is 1. The van der Waals surface area contributed by atoms with Crippen molar-refractivity contribution in [2.75, 3.05) is 38.3 Å². The van der Waals surface area contributed by atoms with Gasteiger partial charge in [-0.2, -0.15) is 5.10 Å². The molecule has 0 bridgehead atoms. The third kappa shape index (κ3) is 2.83. The Morgan fingerprint density at radius 1 is 1.23 bits per heavy atom. The van der Waals surface area contributed by atoms with E-state index >= 15 is 0 Å². The van der Waals surface area contributed by atoms with Crippen molar-refractivity contribution in [3.63, 3.8) is 0 Å². The van der Waals surface area contributed by atoms with E-state index < -0.39 is 0 Å². The first kappa shape index (κ1) is 17.2. The van der Waals surface area contributed by atoms with Gasteiger partial charge < -0.3 is 9.64 Å². The summed E-state index contributed by atoms with van der Waals surface area (Å²) in [5, 5.41) is 4.25. The van der Waals surface area contributed by atoms with Crippen molar-refractivity contribution in [3.8, 4) is 0 Å². The molecule has 3 heterocycles. The highest BCUT2D eigenvalue weighted by Crippen LogP contribution is 2.47. The number of rotatable bonds is 5. The zero-order valence-electron chi connectivity index (χ0n) is 15.5. The molecular weight excluding hydrogens is 328 g/mol. The second-order valence-corrected chi connectivity index (χ2v) is 7.35. The van der Waals surface area contributed by atoms with Gasteiger partial charge in [-0.1, -0.05) is 18.2 Å². The average molecular weight is 354 g/mol. The fourth-order valence-corrected chi connectivity index (χ4v) is 4.39. The van der Waals surface area contributed by atoms with Gasteiger partial charge in [0.1, 0.15) is 0 Å². The molecule has 1 spiro atoms. The van der Waals surface area contributed by atoms with Crippen LogP contribution >= 0.6 is 0 Å². The number of carbonyl (C=O) groups excluding carboxylic acids is 1. The molecular formula is C20H26N4O2. The molecule has 0 atom stereocenters. The third-order valence-electron chi connectivity index (χ3n) is 5.76. The number of carbonyl (C=O) groups is 1. The van der Waals surface area contributed by atoms with E-state index in [1.54, 1.807) is 7.11 Å². The van der Waals surface area contributed by atoms with Crippen LogP contribution in [0.15, 0.2) is 36.7 Å². The molecule has 4 rings (SSSR count). The lowest BCUT2D eigenvalue weighted by atomic mass is 9.73. The summed E-state index contributed by atoms with van der Waals surface area (Å²) in [7, 11) is 3.62. The van der Waals surface area contributed by atoms with E-state index in [4.69, 9.17) is 4.74 Å². The largest absolute Gasteiger partial charge is 0.383 e. The van der Waals surface area contributed by atoms with Gasteiger partial charge in [0.05, 0.1) is 18.2 Å². The number of aryl methyl sites for hydroxylation is 1. The van der Waals surface area contributed by atoms with Crippen LogP contribution in [0.25, 0.3) is 0 Å². The summed E-state index contributed by atoms with van der Waals surface area (Å²) in [5.74, 6) is 0.247. The minimum absolute atomic E-state index is 0.247. The Labute approximate surface area is 154 Å². The summed E-state index contributed by atoms with van der Waals surface area (Å²) < 4.78 is 7.06. The summed E-state index contributed by atoms with van der Waals surface area (Å²) in [6.07, 6.45) is 5.72. The normalized spacial score (nSPS) is 19.3. The molecule has 1 fully saturated rings. The number of hydrogen-bond donors (Lipinski definition) is 0. The molecule has 0 radical (unpaired) electrons. The lowest BCUT2D eigenvalue weighted by molar-refractivity contribution is -0.125. The van der Waals surface area contributed by atoms with E-state index in [0.717, 1.165) is 38.2 Å². The van der Waals surface area contributed by atoms with Crippen molar-refractivity contribution in [2.45, 2.75) is 24.8 Å². The Balaban J connectivity index is 1.53. The smallest absolute Gasteiger partial charge is 0.237 e. The molecule has 2 aromatic rings. The third-order valence-corrected chi connectivity index (χ3v) is 5.76. The number of ether oxygens (including phenoxy) is 1. The molecule has 6 heteroatoms. The lowest BCUT2D eigenvalue weighted by Gasteiger charge is -2.38. The molecule has 138 valence electrons. The van der Waals surface area contributed by atoms with Crippen LogP contribution in [0.1, 0.15) is 24.0 Å². The first-order valence-electron chi connectivity index (χ1n) is 9.24. The SMILES string of the molecule is COCCN1C(=O)C2(CCN(Cc3cnn(C)c3)CC2)c2ccccc21. The number of methoxy groups -OCH3 is 1. The van der Waals surface area contributed by atoms with Crippen LogP contribution in [0.5, 0.6) is 0 Å². The Kier molecular flexibility index (Phi) is 4.54. The summed E-state index contributed by atoms with van der Waals surface area (Å²) in [6, 6.07) is 8.27. The van der Waals surface area contributed by atoms with Gasteiger partial charge in [-0.25, -0.2) is 0 Å². The maximum atomic E-state index is 13.4. The quantitative estimate of drug-likeness (QED) is 0.824. The van der Waals surface area contributed by atoms with E-state index in [0.29, 0.717) is 13.2 Å². The minimum atomic E-state index is -0.365. The van der Waals surface area contributed by atoms with Crippen LogP contribution in [0.3, 0.4) is 0 Å². The zero-order valence-corrected chi connectivity index (χ0v) is 15.5. The highest BCUT2D eigenvalue weighted by atomic mass is 16.5. The number of fused-ring (bicyclic) bond motifs is 2. The minimum Gasteiger partial charge on any atom is -0.383 e. The van der Waals surface area contributed by atoms with E-state index in [1.165, 1.54) is 11.1 Å². The number of hydrogen-bond acceptors (Lipinski definition) is 4. The summed E-state index contributed by atoms with van der Waals surface area (Å²) in [6.45, 7) is 3.92. The molecule has 1 aromatic carbocycles. The molecule has 2 aliphatic heterocycles. The van der Waals surface area contributed by atoms with E-state index in [1.807, 2.05) is 28.9 Å². The van der Waals surface area contributed by atoms with Gasteiger partial charge in [0.25, 0.3) is 0 Å². The van der Waals surface area contributed by atoms with Gasteiger partial charge in [0, 0.05) is 44.7 Å². The van der Waals surface area contributed by atoms with Crippen molar-refractivity contribution in [2.24, 2.45) is 7.05 Å². The number of benzene rings is 1. The molecule has 2 aliphatic rings. The summed E-state index contributed by atoms with van der Waals surface area (Å²) in [5.41, 5.74) is 3.12. The number of aromatic nitrogens is 2. The first-order valence-corrected chi connectivity index (χ1v) is 9.24. The van der Waals surface area contributed by atoms with Gasteiger partial charge in [-0.05, 0) is 37.6 Å². The van der Waals surface area contributed by atoms with Crippen LogP contribution in [-0.4, -0.2) is 53.9 Å². The first-order chi connectivity index (χ1) is 12.6. The molecule has 0 aliphatic carbocycles. The Morgan fingerprint density at radius 3 is 2.69 bits per heavy atom. The second kappa shape index (κ2) is 6.85. The van der Waals surface area contributed by atoms with Crippen LogP contribution in [0.2, 0.25) is 0 Å². The number of piperidine rings is 1. The molecule has 0 saturated carbocycles. The van der Waals surface area contributed by atoms with Crippen molar-refractivity contribution < 1.29 is 9.53 Å². The van der Waals surface area contributed by atoms with Crippen molar-refractivity contribution >= 4 is 11.6 Å². The summed E-state index contributed by atoms with van der Waals surface area (Å²) in [4.78, 5) is 17.7. The number of nitrogens with zero attached hydrogens (tertiary/aromatic N) is 4. The highest BCUT2D eigenvalue weighted by molar-refractivity contribution is 6.08. The monoisotopic (exact) mass is 354 g/mol. The molecule has 0 N–H and O–H groups in total. The average Bonchev–Trinajstić information content (AvgIpc) is 3.16. The van der Waals surface area contributed by atoms with Crippen molar-refractivity contribution in [1.82, 2.24) is 14.7 Å².